The van der Waals surface area contributed by atoms with Crippen LogP contribution in [0.5, 0.6) is 0 Å². The molecule has 16 heavy (non-hydrogen) atoms. The van der Waals surface area contributed by atoms with Crippen LogP contribution in [-0.4, -0.2) is 17.1 Å². The average molecular weight is 285 g/mol. The summed E-state index contributed by atoms with van der Waals surface area (Å²) in [6.07, 6.45) is 8.46. The zero-order chi connectivity index (χ0) is 11.4. The van der Waals surface area contributed by atoms with Crippen molar-refractivity contribution in [1.29, 1.82) is 0 Å². The Morgan fingerprint density at radius 2 is 2.19 bits per heavy atom. The summed E-state index contributed by atoms with van der Waals surface area (Å²) in [5.74, 6) is 0. The zero-order valence-corrected chi connectivity index (χ0v) is 10.8. The normalized spacial score (nSPS) is 25.6. The van der Waals surface area contributed by atoms with Gasteiger partial charge in [-0.15, -0.1) is 0 Å². The number of hydrogen-bond acceptors (Lipinski definition) is 3. The van der Waals surface area contributed by atoms with Crippen LogP contribution in [-0.2, 0) is 11.3 Å². The third-order valence-electron chi connectivity index (χ3n) is 2.98. The van der Waals surface area contributed by atoms with Crippen molar-refractivity contribution in [3.8, 4) is 0 Å². The van der Waals surface area contributed by atoms with Gasteiger partial charge in [-0.1, -0.05) is 12.8 Å². The SMILES string of the molecule is NC1CCCCC1OCc1cncc(Br)c1. The van der Waals surface area contributed by atoms with Gasteiger partial charge in [-0.05, 0) is 40.4 Å². The summed E-state index contributed by atoms with van der Waals surface area (Å²) in [7, 11) is 0. The Morgan fingerprint density at radius 1 is 1.38 bits per heavy atom. The molecule has 2 unspecified atom stereocenters. The predicted molar refractivity (Wildman–Crippen MR) is 67.0 cm³/mol. The second kappa shape index (κ2) is 5.75. The van der Waals surface area contributed by atoms with Gasteiger partial charge in [0, 0.05) is 22.9 Å². The molecular weight excluding hydrogens is 268 g/mol. The summed E-state index contributed by atoms with van der Waals surface area (Å²) in [5, 5.41) is 0. The highest BCUT2D eigenvalue weighted by Gasteiger charge is 2.22. The minimum absolute atomic E-state index is 0.203. The second-order valence-corrected chi connectivity index (χ2v) is 5.22. The van der Waals surface area contributed by atoms with Crippen molar-refractivity contribution in [2.24, 2.45) is 5.73 Å². The monoisotopic (exact) mass is 284 g/mol. The smallest absolute Gasteiger partial charge is 0.0736 e. The van der Waals surface area contributed by atoms with Gasteiger partial charge in [0.25, 0.3) is 0 Å². The first kappa shape index (κ1) is 12.0. The number of ether oxygens (including phenoxy) is 1. The van der Waals surface area contributed by atoms with E-state index in [0.29, 0.717) is 6.61 Å². The Morgan fingerprint density at radius 3 is 2.94 bits per heavy atom. The van der Waals surface area contributed by atoms with Crippen molar-refractivity contribution in [3.05, 3.63) is 28.5 Å². The van der Waals surface area contributed by atoms with Gasteiger partial charge in [0.2, 0.25) is 0 Å². The molecule has 0 saturated heterocycles. The molecule has 2 rings (SSSR count). The van der Waals surface area contributed by atoms with Crippen molar-refractivity contribution in [3.63, 3.8) is 0 Å². The fourth-order valence-electron chi connectivity index (χ4n) is 2.07. The molecule has 4 heteroatoms. The predicted octanol–water partition coefficient (Wildman–Crippen LogP) is 2.63. The van der Waals surface area contributed by atoms with Crippen LogP contribution in [0.4, 0.5) is 0 Å². The molecule has 0 spiro atoms. The largest absolute Gasteiger partial charge is 0.372 e. The Kier molecular flexibility index (Phi) is 4.32. The van der Waals surface area contributed by atoms with Crippen molar-refractivity contribution in [1.82, 2.24) is 4.98 Å². The van der Waals surface area contributed by atoms with Crippen LogP contribution in [0.3, 0.4) is 0 Å². The van der Waals surface area contributed by atoms with Crippen LogP contribution in [0.25, 0.3) is 0 Å². The number of aromatic nitrogens is 1. The van der Waals surface area contributed by atoms with Crippen LogP contribution in [0.15, 0.2) is 22.9 Å². The van der Waals surface area contributed by atoms with Crippen LogP contribution >= 0.6 is 15.9 Å². The van der Waals surface area contributed by atoms with E-state index in [2.05, 4.69) is 20.9 Å². The quantitative estimate of drug-likeness (QED) is 0.928. The Labute approximate surface area is 105 Å². The van der Waals surface area contributed by atoms with Crippen molar-refractivity contribution in [2.45, 2.75) is 44.4 Å². The summed E-state index contributed by atoms with van der Waals surface area (Å²) in [5.41, 5.74) is 7.11. The van der Waals surface area contributed by atoms with Gasteiger partial charge < -0.3 is 10.5 Å². The number of nitrogens with zero attached hydrogens (tertiary/aromatic N) is 1. The Hall–Kier alpha value is -0.450. The first-order valence-electron chi connectivity index (χ1n) is 5.72. The van der Waals surface area contributed by atoms with E-state index in [1.807, 2.05) is 12.3 Å². The molecule has 88 valence electrons. The Balaban J connectivity index is 1.86. The molecule has 1 heterocycles. The summed E-state index contributed by atoms with van der Waals surface area (Å²) in [4.78, 5) is 4.11. The topological polar surface area (TPSA) is 48.1 Å². The molecule has 0 amide bonds. The zero-order valence-electron chi connectivity index (χ0n) is 9.23. The molecule has 0 bridgehead atoms. The third kappa shape index (κ3) is 3.27. The van der Waals surface area contributed by atoms with Gasteiger partial charge in [0.05, 0.1) is 12.7 Å². The average Bonchev–Trinajstić information content (AvgIpc) is 2.28. The van der Waals surface area contributed by atoms with Gasteiger partial charge >= 0.3 is 0 Å². The molecule has 1 aliphatic rings. The number of pyridine rings is 1. The van der Waals surface area contributed by atoms with Gasteiger partial charge in [-0.25, -0.2) is 0 Å². The van der Waals surface area contributed by atoms with E-state index >= 15 is 0 Å². The lowest BCUT2D eigenvalue weighted by atomic mass is 9.93. The van der Waals surface area contributed by atoms with Crippen molar-refractivity contribution < 1.29 is 4.74 Å². The van der Waals surface area contributed by atoms with E-state index in [4.69, 9.17) is 10.5 Å². The first-order valence-corrected chi connectivity index (χ1v) is 6.51. The van der Waals surface area contributed by atoms with E-state index in [0.717, 1.165) is 22.9 Å². The number of hydrogen-bond donors (Lipinski definition) is 1. The van der Waals surface area contributed by atoms with Crippen LogP contribution < -0.4 is 5.73 Å². The molecule has 0 aromatic carbocycles. The van der Waals surface area contributed by atoms with Crippen molar-refractivity contribution >= 4 is 15.9 Å². The summed E-state index contributed by atoms with van der Waals surface area (Å²) in [6, 6.07) is 2.23. The number of nitrogens with two attached hydrogens (primary N) is 1. The molecular formula is C12H17BrN2O. The molecule has 1 saturated carbocycles. The van der Waals surface area contributed by atoms with Crippen LogP contribution in [0.1, 0.15) is 31.2 Å². The lowest BCUT2D eigenvalue weighted by Crippen LogP contribution is -2.39. The molecule has 3 nitrogen and oxygen atoms in total. The summed E-state index contributed by atoms with van der Waals surface area (Å²) < 4.78 is 6.84. The Bertz CT molecular complexity index is 346. The molecule has 1 aromatic heterocycles. The minimum atomic E-state index is 0.203. The number of rotatable bonds is 3. The molecule has 1 fully saturated rings. The fraction of sp³-hybridized carbons (Fsp3) is 0.583. The highest BCUT2D eigenvalue weighted by atomic mass is 79.9. The van der Waals surface area contributed by atoms with E-state index < -0.39 is 0 Å². The van der Waals surface area contributed by atoms with E-state index in [-0.39, 0.29) is 12.1 Å². The molecule has 2 atom stereocenters. The van der Waals surface area contributed by atoms with Crippen LogP contribution in [0, 0.1) is 0 Å². The van der Waals surface area contributed by atoms with E-state index in [1.165, 1.54) is 12.8 Å². The second-order valence-electron chi connectivity index (χ2n) is 4.31. The molecule has 1 aliphatic carbocycles. The lowest BCUT2D eigenvalue weighted by Gasteiger charge is -2.28. The van der Waals surface area contributed by atoms with E-state index in [1.54, 1.807) is 6.20 Å². The maximum Gasteiger partial charge on any atom is 0.0736 e. The lowest BCUT2D eigenvalue weighted by molar-refractivity contribution is 0.00391. The molecule has 0 aliphatic heterocycles. The highest BCUT2D eigenvalue weighted by molar-refractivity contribution is 9.10. The summed E-state index contributed by atoms with van der Waals surface area (Å²) in [6.45, 7) is 0.602. The molecule has 0 radical (unpaired) electrons. The fourth-order valence-corrected chi connectivity index (χ4v) is 2.48. The molecule has 1 aromatic rings. The number of halogens is 1. The van der Waals surface area contributed by atoms with E-state index in [9.17, 15) is 0 Å². The molecule has 2 N–H and O–H groups in total. The van der Waals surface area contributed by atoms with Crippen molar-refractivity contribution in [2.75, 3.05) is 0 Å². The standard InChI is InChI=1S/C12H17BrN2O/c13-10-5-9(6-15-7-10)8-16-12-4-2-1-3-11(12)14/h5-7,11-12H,1-4,8,14H2. The maximum absolute atomic E-state index is 6.02. The van der Waals surface area contributed by atoms with Gasteiger partial charge in [0.1, 0.15) is 0 Å². The third-order valence-corrected chi connectivity index (χ3v) is 3.41. The minimum Gasteiger partial charge on any atom is -0.372 e. The van der Waals surface area contributed by atoms with Gasteiger partial charge in [-0.3, -0.25) is 4.98 Å². The van der Waals surface area contributed by atoms with Gasteiger partial charge in [-0.2, -0.15) is 0 Å². The van der Waals surface area contributed by atoms with Crippen LogP contribution in [0.2, 0.25) is 0 Å². The summed E-state index contributed by atoms with van der Waals surface area (Å²) >= 11 is 3.40. The van der Waals surface area contributed by atoms with Gasteiger partial charge in [0.15, 0.2) is 0 Å². The highest BCUT2D eigenvalue weighted by Crippen LogP contribution is 2.21. The maximum atomic E-state index is 6.02. The first-order chi connectivity index (χ1) is 7.75.